The van der Waals surface area contributed by atoms with Crippen LogP contribution in [0.4, 0.5) is 20.3 Å². The van der Waals surface area contributed by atoms with Crippen molar-refractivity contribution in [1.29, 1.82) is 0 Å². The SMILES string of the molecule is O=C(CCCCCCCC(=O)Nc1ccccc1C(Nc1ccccn1)C(C1=CCCC=N1)C(O)c1ccccc1)NCc1cccc(C2C(CCC(O)c3ccc(F)cc3)C(O)N2C2=CCC(F)C=C2)c1. The maximum Gasteiger partial charge on any atom is 0.224 e. The van der Waals surface area contributed by atoms with Gasteiger partial charge in [0.25, 0.3) is 0 Å². The van der Waals surface area contributed by atoms with Crippen molar-refractivity contribution in [1.82, 2.24) is 15.2 Å². The summed E-state index contributed by atoms with van der Waals surface area (Å²) in [4.78, 5) is 37.8. The molecule has 2 aliphatic heterocycles. The number of nitrogens with one attached hydrogen (secondary N) is 3. The molecule has 2 amide bonds. The van der Waals surface area contributed by atoms with Gasteiger partial charge in [-0.3, -0.25) is 14.6 Å². The van der Waals surface area contributed by atoms with Gasteiger partial charge >= 0.3 is 0 Å². The number of nitrogens with zero attached hydrogens (tertiary/aromatic N) is 3. The fourth-order valence-electron chi connectivity index (χ4n) is 10.1. The van der Waals surface area contributed by atoms with Crippen molar-refractivity contribution < 1.29 is 33.7 Å². The number of allylic oxidation sites excluding steroid dienone is 4. The maximum atomic E-state index is 14.0. The fraction of sp³-hybridized carbons (Fsp3) is 0.356. The van der Waals surface area contributed by atoms with E-state index in [1.807, 2.05) is 108 Å². The molecule has 72 heavy (non-hydrogen) atoms. The second kappa shape index (κ2) is 25.5. The van der Waals surface area contributed by atoms with Crippen LogP contribution in [-0.2, 0) is 16.1 Å². The van der Waals surface area contributed by atoms with E-state index in [0.29, 0.717) is 55.7 Å². The molecule has 6 N–H and O–H groups in total. The lowest BCUT2D eigenvalue weighted by Gasteiger charge is -2.55. The minimum Gasteiger partial charge on any atom is -0.388 e. The van der Waals surface area contributed by atoms with Crippen LogP contribution < -0.4 is 16.0 Å². The monoisotopic (exact) mass is 977 g/mol. The smallest absolute Gasteiger partial charge is 0.224 e. The number of hydrogen-bond acceptors (Lipinski definition) is 9. The van der Waals surface area contributed by atoms with E-state index in [2.05, 4.69) is 27.0 Å². The number of unbranched alkanes of at least 4 members (excludes halogenated alkanes) is 4. The highest BCUT2D eigenvalue weighted by Crippen LogP contribution is 2.50. The minimum absolute atomic E-state index is 0.0500. The summed E-state index contributed by atoms with van der Waals surface area (Å²) in [7, 11) is 0. The Morgan fingerprint density at radius 3 is 2.28 bits per heavy atom. The highest BCUT2D eigenvalue weighted by molar-refractivity contribution is 5.91. The van der Waals surface area contributed by atoms with Crippen LogP contribution in [0.2, 0.25) is 0 Å². The summed E-state index contributed by atoms with van der Waals surface area (Å²) in [5.74, 6) is -0.646. The number of aliphatic hydroxyl groups excluding tert-OH is 3. The van der Waals surface area contributed by atoms with Crippen LogP contribution in [0.5, 0.6) is 0 Å². The van der Waals surface area contributed by atoms with Crippen LogP contribution in [0, 0.1) is 17.7 Å². The second-order valence-corrected chi connectivity index (χ2v) is 19.0. The molecular weight excluding hydrogens is 911 g/mol. The average molecular weight is 977 g/mol. The van der Waals surface area contributed by atoms with E-state index in [4.69, 9.17) is 4.99 Å². The third-order valence-corrected chi connectivity index (χ3v) is 13.9. The van der Waals surface area contributed by atoms with Gasteiger partial charge in [-0.15, -0.1) is 0 Å². The number of carbonyl (C=O) groups excluding carboxylic acids is 2. The molecule has 5 aromatic rings. The molecule has 13 heteroatoms. The normalized spacial score (nSPS) is 20.0. The van der Waals surface area contributed by atoms with Gasteiger partial charge in [-0.2, -0.15) is 0 Å². The Morgan fingerprint density at radius 1 is 0.792 bits per heavy atom. The number of carbonyl (C=O) groups is 2. The van der Waals surface area contributed by atoms with Gasteiger partial charge in [-0.25, -0.2) is 13.8 Å². The van der Waals surface area contributed by atoms with E-state index in [-0.39, 0.29) is 36.0 Å². The Kier molecular flexibility index (Phi) is 18.3. The van der Waals surface area contributed by atoms with Crippen LogP contribution in [0.1, 0.15) is 129 Å². The Morgan fingerprint density at radius 2 is 1.54 bits per heavy atom. The van der Waals surface area contributed by atoms with E-state index in [0.717, 1.165) is 72.2 Å². The molecule has 0 saturated carbocycles. The Labute approximate surface area is 421 Å². The number of aliphatic hydroxyl groups is 3. The zero-order chi connectivity index (χ0) is 50.2. The molecule has 376 valence electrons. The Bertz CT molecular complexity index is 2680. The molecule has 1 aromatic heterocycles. The minimum atomic E-state index is -1.07. The van der Waals surface area contributed by atoms with E-state index >= 15 is 0 Å². The van der Waals surface area contributed by atoms with Crippen LogP contribution in [0.25, 0.3) is 0 Å². The van der Waals surface area contributed by atoms with Crippen molar-refractivity contribution in [3.8, 4) is 0 Å². The van der Waals surface area contributed by atoms with Crippen molar-refractivity contribution in [2.75, 3.05) is 10.6 Å². The zero-order valence-corrected chi connectivity index (χ0v) is 40.6. The van der Waals surface area contributed by atoms with Crippen molar-refractivity contribution in [2.24, 2.45) is 16.8 Å². The predicted molar refractivity (Wildman–Crippen MR) is 278 cm³/mol. The predicted octanol–water partition coefficient (Wildman–Crippen LogP) is 11.4. The molecule has 0 spiro atoms. The summed E-state index contributed by atoms with van der Waals surface area (Å²) in [5.41, 5.74) is 6.19. The number of amides is 2. The number of rotatable bonds is 24. The van der Waals surface area contributed by atoms with Gasteiger partial charge in [-0.1, -0.05) is 122 Å². The third-order valence-electron chi connectivity index (χ3n) is 13.9. The van der Waals surface area contributed by atoms with Gasteiger partial charge in [0.05, 0.1) is 30.2 Å². The number of alkyl halides is 1. The number of hydrogen-bond donors (Lipinski definition) is 6. The van der Waals surface area contributed by atoms with E-state index in [9.17, 15) is 33.7 Å². The molecule has 3 heterocycles. The molecule has 8 rings (SSSR count). The number of halogens is 2. The standard InChI is InChI=1S/C59H66F2N6O5/c60-44-28-26-41(27-29-44)51(68)35-34-48-57(67(59(48)72)46-32-30-45(61)31-33-46)43-19-15-16-40(38-43)39-64-53(69)24-7-2-1-3-8-25-54(70)65-49-21-10-9-20-47(49)56(66-52-23-12-14-37-63-52)55(50-22-11-13-36-62-50)58(71)42-17-5-4-6-18-42/h4-6,9-10,12,14-23,26-30,32-33,36-38,45,48,51,55-59,68,71-72H,1-3,7-8,11,13,24-25,31,34-35,39H2,(H,63,66)(H,64,69)(H,65,70). The van der Waals surface area contributed by atoms with Gasteiger partial charge in [0.1, 0.15) is 24.0 Å². The third kappa shape index (κ3) is 13.6. The van der Waals surface area contributed by atoms with Crippen molar-refractivity contribution >= 4 is 29.5 Å². The lowest BCUT2D eigenvalue weighted by atomic mass is 9.76. The summed E-state index contributed by atoms with van der Waals surface area (Å²) >= 11 is 0. The number of aromatic nitrogens is 1. The number of para-hydroxylation sites is 1. The first kappa shape index (κ1) is 51.6. The first-order valence-electron chi connectivity index (χ1n) is 25.4. The molecule has 0 radical (unpaired) electrons. The fourth-order valence-corrected chi connectivity index (χ4v) is 10.1. The number of aliphatic imine (C=N–C) groups is 1. The number of likely N-dealkylation sites (tertiary alicyclic amines) is 1. The molecule has 3 aliphatic rings. The molecule has 1 saturated heterocycles. The van der Waals surface area contributed by atoms with Crippen LogP contribution in [-0.4, -0.2) is 55.6 Å². The number of anilines is 2. The van der Waals surface area contributed by atoms with Crippen molar-refractivity contribution in [2.45, 2.75) is 120 Å². The summed E-state index contributed by atoms with van der Waals surface area (Å²) in [6, 6.07) is 35.8. The van der Waals surface area contributed by atoms with Gasteiger partial charge in [0.15, 0.2) is 0 Å². The van der Waals surface area contributed by atoms with Gasteiger partial charge < -0.3 is 36.2 Å². The first-order valence-corrected chi connectivity index (χ1v) is 25.4. The van der Waals surface area contributed by atoms with Gasteiger partial charge in [0, 0.05) is 61.2 Å². The van der Waals surface area contributed by atoms with E-state index in [1.54, 1.807) is 30.5 Å². The summed E-state index contributed by atoms with van der Waals surface area (Å²) < 4.78 is 27.6. The molecule has 8 atom stereocenters. The Balaban J connectivity index is 0.810. The highest BCUT2D eigenvalue weighted by Gasteiger charge is 2.49. The van der Waals surface area contributed by atoms with E-state index in [1.165, 1.54) is 18.2 Å². The van der Waals surface area contributed by atoms with Gasteiger partial charge in [0.2, 0.25) is 11.8 Å². The molecular formula is C59H66F2N6O5. The summed E-state index contributed by atoms with van der Waals surface area (Å²) in [6.07, 6.45) is 14.5. The first-order chi connectivity index (χ1) is 35.1. The van der Waals surface area contributed by atoms with Crippen LogP contribution in [0.15, 0.2) is 168 Å². The molecule has 1 fully saturated rings. The second-order valence-electron chi connectivity index (χ2n) is 19.0. The lowest BCUT2D eigenvalue weighted by Crippen LogP contribution is -2.57. The molecule has 1 aliphatic carbocycles. The maximum absolute atomic E-state index is 14.0. The van der Waals surface area contributed by atoms with E-state index < -0.39 is 36.6 Å². The lowest BCUT2D eigenvalue weighted by molar-refractivity contribution is -0.160. The summed E-state index contributed by atoms with van der Waals surface area (Å²) in [6.45, 7) is 0.334. The Hall–Kier alpha value is -6.80. The van der Waals surface area contributed by atoms with Crippen molar-refractivity contribution in [3.05, 3.63) is 197 Å². The largest absolute Gasteiger partial charge is 0.388 e. The van der Waals surface area contributed by atoms with Crippen LogP contribution in [0.3, 0.4) is 0 Å². The number of benzene rings is 4. The topological polar surface area (TPSA) is 159 Å². The quantitative estimate of drug-likeness (QED) is 0.0333. The van der Waals surface area contributed by atoms with Crippen LogP contribution >= 0.6 is 0 Å². The summed E-state index contributed by atoms with van der Waals surface area (Å²) in [5, 5.41) is 44.2. The molecule has 8 unspecified atom stereocenters. The average Bonchev–Trinajstić information content (AvgIpc) is 3.40. The molecule has 4 aromatic carbocycles. The number of pyridine rings is 1. The van der Waals surface area contributed by atoms with Crippen molar-refractivity contribution in [3.63, 3.8) is 0 Å². The molecule has 0 bridgehead atoms. The van der Waals surface area contributed by atoms with Gasteiger partial charge in [-0.05, 0) is 109 Å². The zero-order valence-electron chi connectivity index (χ0n) is 40.6. The molecule has 11 nitrogen and oxygen atoms in total. The highest BCUT2D eigenvalue weighted by atomic mass is 19.1.